The van der Waals surface area contributed by atoms with Crippen LogP contribution in [-0.4, -0.2) is 22.5 Å². The Morgan fingerprint density at radius 3 is 1.53 bits per heavy atom. The third-order valence-electron chi connectivity index (χ3n) is 4.42. The van der Waals surface area contributed by atoms with E-state index in [1.807, 2.05) is 7.11 Å². The fraction of sp³-hybridized carbons (Fsp3) is 0.250. The lowest BCUT2D eigenvalue weighted by Gasteiger charge is -2.40. The topological polar surface area (TPSA) is 9.23 Å². The van der Waals surface area contributed by atoms with E-state index in [-0.39, 0.29) is 0 Å². The minimum Gasteiger partial charge on any atom is -0.418 e. The van der Waals surface area contributed by atoms with Crippen molar-refractivity contribution in [2.24, 2.45) is 0 Å². The molecule has 0 saturated carbocycles. The van der Waals surface area contributed by atoms with E-state index < -0.39 is 15.4 Å². The SMILES string of the molecule is CO[Si](C)(c1ccccc1)[Si](C)(C)c1ccccc1. The molecule has 0 aromatic heterocycles. The summed E-state index contributed by atoms with van der Waals surface area (Å²) >= 11 is 0. The second kappa shape index (κ2) is 5.45. The molecule has 2 rings (SSSR count). The van der Waals surface area contributed by atoms with Gasteiger partial charge in [0.25, 0.3) is 0 Å². The zero-order chi connectivity index (χ0) is 13.9. The maximum absolute atomic E-state index is 6.14. The Kier molecular flexibility index (Phi) is 4.08. The van der Waals surface area contributed by atoms with Gasteiger partial charge in [-0.2, -0.15) is 0 Å². The summed E-state index contributed by atoms with van der Waals surface area (Å²) in [5, 5.41) is 2.88. The third kappa shape index (κ3) is 2.46. The molecule has 1 unspecified atom stereocenters. The van der Waals surface area contributed by atoms with Gasteiger partial charge in [-0.25, -0.2) is 0 Å². The first-order chi connectivity index (χ1) is 9.02. The van der Waals surface area contributed by atoms with Gasteiger partial charge < -0.3 is 4.43 Å². The highest BCUT2D eigenvalue weighted by molar-refractivity contribution is 7.48. The van der Waals surface area contributed by atoms with Crippen LogP contribution < -0.4 is 10.4 Å². The molecule has 3 heteroatoms. The smallest absolute Gasteiger partial charge is 0.211 e. The molecule has 1 nitrogen and oxygen atoms in total. The van der Waals surface area contributed by atoms with Crippen LogP contribution in [-0.2, 0) is 4.43 Å². The highest BCUT2D eigenvalue weighted by Crippen LogP contribution is 2.20. The zero-order valence-electron chi connectivity index (χ0n) is 12.2. The molecule has 2 aromatic rings. The third-order valence-corrected chi connectivity index (χ3v) is 20.3. The van der Waals surface area contributed by atoms with Gasteiger partial charge in [-0.3, -0.25) is 0 Å². The molecule has 1 atom stereocenters. The van der Waals surface area contributed by atoms with Crippen LogP contribution in [0.3, 0.4) is 0 Å². The van der Waals surface area contributed by atoms with Gasteiger partial charge >= 0.3 is 0 Å². The van der Waals surface area contributed by atoms with E-state index in [1.54, 1.807) is 0 Å². The standard InChI is InChI=1S/C16H22OSi2/c1-17-19(4,16-13-9-6-10-14-16)18(2,3)15-11-7-5-8-12-15/h5-14H,1-4H3. The molecule has 0 radical (unpaired) electrons. The van der Waals surface area contributed by atoms with Crippen molar-refractivity contribution in [1.82, 2.24) is 0 Å². The van der Waals surface area contributed by atoms with Crippen LogP contribution in [0.25, 0.3) is 0 Å². The van der Waals surface area contributed by atoms with Crippen LogP contribution >= 0.6 is 0 Å². The maximum Gasteiger partial charge on any atom is 0.211 e. The molecule has 0 saturated heterocycles. The van der Waals surface area contributed by atoms with E-state index in [9.17, 15) is 0 Å². The first-order valence-electron chi connectivity index (χ1n) is 6.68. The van der Waals surface area contributed by atoms with Crippen molar-refractivity contribution in [2.45, 2.75) is 19.6 Å². The Morgan fingerprint density at radius 2 is 1.11 bits per heavy atom. The molecule has 0 spiro atoms. The van der Waals surface area contributed by atoms with Crippen molar-refractivity contribution in [3.05, 3.63) is 60.7 Å². The van der Waals surface area contributed by atoms with Crippen molar-refractivity contribution >= 4 is 25.8 Å². The van der Waals surface area contributed by atoms with Crippen LogP contribution in [0, 0.1) is 0 Å². The molecule has 0 aliphatic carbocycles. The molecular weight excluding hydrogens is 264 g/mol. The van der Waals surface area contributed by atoms with E-state index in [0.29, 0.717) is 0 Å². The van der Waals surface area contributed by atoms with Crippen LogP contribution in [0.5, 0.6) is 0 Å². The number of hydrogen-bond donors (Lipinski definition) is 0. The summed E-state index contributed by atoms with van der Waals surface area (Å²) in [5.74, 6) is 0. The molecule has 0 heterocycles. The quantitative estimate of drug-likeness (QED) is 0.785. The molecule has 19 heavy (non-hydrogen) atoms. The summed E-state index contributed by atoms with van der Waals surface area (Å²) in [7, 11) is -1.70. The summed E-state index contributed by atoms with van der Waals surface area (Å²) in [6.45, 7) is 7.23. The Balaban J connectivity index is 2.52. The fourth-order valence-electron chi connectivity index (χ4n) is 2.62. The van der Waals surface area contributed by atoms with Crippen LogP contribution in [0.2, 0.25) is 19.6 Å². The second-order valence-electron chi connectivity index (χ2n) is 5.59. The number of rotatable bonds is 4. The normalized spacial score (nSPS) is 14.9. The van der Waals surface area contributed by atoms with Gasteiger partial charge in [0.05, 0.1) is 0 Å². The Morgan fingerprint density at radius 1 is 0.684 bits per heavy atom. The van der Waals surface area contributed by atoms with Crippen LogP contribution in [0.15, 0.2) is 60.7 Å². The van der Waals surface area contributed by atoms with E-state index in [2.05, 4.69) is 80.3 Å². The largest absolute Gasteiger partial charge is 0.418 e. The maximum atomic E-state index is 6.14. The van der Waals surface area contributed by atoms with Crippen LogP contribution in [0.1, 0.15) is 0 Å². The second-order valence-corrected chi connectivity index (χ2v) is 19.1. The first-order valence-corrected chi connectivity index (χ1v) is 13.1. The van der Waals surface area contributed by atoms with Crippen molar-refractivity contribution < 1.29 is 4.43 Å². The summed E-state index contributed by atoms with van der Waals surface area (Å²) in [4.78, 5) is 0. The Labute approximate surface area is 118 Å². The molecule has 100 valence electrons. The van der Waals surface area contributed by atoms with Gasteiger partial charge in [-0.05, 0) is 11.7 Å². The summed E-state index contributed by atoms with van der Waals surface area (Å²) in [5.41, 5.74) is 0. The predicted molar refractivity (Wildman–Crippen MR) is 88.3 cm³/mol. The minimum atomic E-state index is -1.93. The summed E-state index contributed by atoms with van der Waals surface area (Å²) in [6.07, 6.45) is 0. The van der Waals surface area contributed by atoms with Gasteiger partial charge in [0.15, 0.2) is 0 Å². The lowest BCUT2D eigenvalue weighted by atomic mass is 10.4. The van der Waals surface area contributed by atoms with Gasteiger partial charge in [-0.15, -0.1) is 0 Å². The molecular formula is C16H22OSi2. The monoisotopic (exact) mass is 286 g/mol. The van der Waals surface area contributed by atoms with Crippen molar-refractivity contribution in [1.29, 1.82) is 0 Å². The molecule has 0 fully saturated rings. The van der Waals surface area contributed by atoms with Gasteiger partial charge in [0.2, 0.25) is 7.83 Å². The highest BCUT2D eigenvalue weighted by Gasteiger charge is 2.48. The molecule has 0 N–H and O–H groups in total. The highest BCUT2D eigenvalue weighted by atomic mass is 29.3. The lowest BCUT2D eigenvalue weighted by molar-refractivity contribution is 0.425. The van der Waals surface area contributed by atoms with Gasteiger partial charge in [0, 0.05) is 7.11 Å². The molecule has 0 bridgehead atoms. The van der Waals surface area contributed by atoms with Crippen molar-refractivity contribution in [3.63, 3.8) is 0 Å². The number of hydrogen-bond acceptors (Lipinski definition) is 1. The predicted octanol–water partition coefficient (Wildman–Crippen LogP) is 2.81. The summed E-state index contributed by atoms with van der Waals surface area (Å²) < 4.78 is 6.14. The van der Waals surface area contributed by atoms with Crippen molar-refractivity contribution in [3.8, 4) is 0 Å². The van der Waals surface area contributed by atoms with Crippen molar-refractivity contribution in [2.75, 3.05) is 7.11 Å². The van der Waals surface area contributed by atoms with E-state index in [0.717, 1.165) is 0 Å². The molecule has 0 amide bonds. The van der Waals surface area contributed by atoms with Crippen LogP contribution in [0.4, 0.5) is 0 Å². The Hall–Kier alpha value is -1.17. The Bertz CT molecular complexity index is 525. The lowest BCUT2D eigenvalue weighted by Crippen LogP contribution is -2.72. The zero-order valence-corrected chi connectivity index (χ0v) is 14.2. The van der Waals surface area contributed by atoms with Gasteiger partial charge in [0.1, 0.15) is 7.59 Å². The van der Waals surface area contributed by atoms with E-state index >= 15 is 0 Å². The molecule has 0 aliphatic rings. The summed E-state index contributed by atoms with van der Waals surface area (Å²) in [6, 6.07) is 21.7. The van der Waals surface area contributed by atoms with E-state index in [4.69, 9.17) is 4.43 Å². The van der Waals surface area contributed by atoms with Gasteiger partial charge in [-0.1, -0.05) is 78.9 Å². The first kappa shape index (κ1) is 14.2. The minimum absolute atomic E-state index is 1.40. The molecule has 2 aromatic carbocycles. The molecule has 0 aliphatic heterocycles. The fourth-order valence-corrected chi connectivity index (χ4v) is 12.8. The number of benzene rings is 2. The van der Waals surface area contributed by atoms with E-state index in [1.165, 1.54) is 10.4 Å². The average molecular weight is 287 g/mol. The average Bonchev–Trinajstić information content (AvgIpc) is 2.48.